The number of imidazole rings is 1. The summed E-state index contributed by atoms with van der Waals surface area (Å²) in [6.45, 7) is 4.81. The minimum absolute atomic E-state index is 0.0373. The van der Waals surface area contributed by atoms with E-state index < -0.39 is 24.1 Å². The van der Waals surface area contributed by atoms with Crippen molar-refractivity contribution >= 4 is 17.9 Å². The van der Waals surface area contributed by atoms with Gasteiger partial charge in [-0.05, 0) is 41.0 Å². The zero-order chi connectivity index (χ0) is 36.1. The highest BCUT2D eigenvalue weighted by Gasteiger charge is 2.34. The summed E-state index contributed by atoms with van der Waals surface area (Å²) >= 11 is 0. The van der Waals surface area contributed by atoms with Gasteiger partial charge in [0, 0.05) is 44.2 Å². The van der Waals surface area contributed by atoms with Gasteiger partial charge in [-0.25, -0.2) is 9.78 Å². The maximum absolute atomic E-state index is 14.2. The van der Waals surface area contributed by atoms with Crippen LogP contribution in [-0.2, 0) is 45.8 Å². The average Bonchev–Trinajstić information content (AvgIpc) is 3.68. The second-order valence-electron chi connectivity index (χ2n) is 12.9. The van der Waals surface area contributed by atoms with Crippen LogP contribution in [0.4, 0.5) is 4.79 Å². The molecule has 5 rings (SSSR count). The van der Waals surface area contributed by atoms with Crippen LogP contribution in [0.5, 0.6) is 5.75 Å². The number of hydrogen-bond acceptors (Lipinski definition) is 7. The van der Waals surface area contributed by atoms with E-state index in [1.807, 2.05) is 103 Å². The van der Waals surface area contributed by atoms with Crippen LogP contribution in [0.15, 0.2) is 122 Å². The first-order chi connectivity index (χ1) is 24.7. The van der Waals surface area contributed by atoms with Gasteiger partial charge in [-0.15, -0.1) is 0 Å². The lowest BCUT2D eigenvalue weighted by atomic mass is 9.84. The Morgan fingerprint density at radius 1 is 0.804 bits per heavy atom. The van der Waals surface area contributed by atoms with E-state index in [1.165, 1.54) is 11.2 Å². The Kier molecular flexibility index (Phi) is 12.5. The van der Waals surface area contributed by atoms with Gasteiger partial charge in [0.2, 0.25) is 11.8 Å². The number of H-pyrrole nitrogens is 1. The van der Waals surface area contributed by atoms with Gasteiger partial charge in [0.15, 0.2) is 0 Å². The molecule has 2 heterocycles. The maximum Gasteiger partial charge on any atom is 0.408 e. The lowest BCUT2D eigenvalue weighted by Gasteiger charge is -2.32. The van der Waals surface area contributed by atoms with E-state index in [0.29, 0.717) is 24.6 Å². The Morgan fingerprint density at radius 3 is 2.18 bits per heavy atom. The fourth-order valence-electron chi connectivity index (χ4n) is 5.53. The highest BCUT2D eigenvalue weighted by molar-refractivity contribution is 5.91. The summed E-state index contributed by atoms with van der Waals surface area (Å²) in [5.41, 5.74) is 3.70. The van der Waals surface area contributed by atoms with Crippen molar-refractivity contribution in [1.82, 2.24) is 30.5 Å². The van der Waals surface area contributed by atoms with Crippen LogP contribution >= 0.6 is 0 Å². The molecule has 0 aliphatic heterocycles. The number of nitrogens with one attached hydrogen (secondary N) is 3. The smallest absolute Gasteiger partial charge is 0.408 e. The van der Waals surface area contributed by atoms with Crippen LogP contribution in [0.2, 0.25) is 0 Å². The lowest BCUT2D eigenvalue weighted by molar-refractivity contribution is -0.140. The number of hydrogen-bond donors (Lipinski definition) is 3. The molecular weight excluding hydrogens is 644 g/mol. The van der Waals surface area contributed by atoms with Crippen molar-refractivity contribution in [2.24, 2.45) is 0 Å². The zero-order valence-electron chi connectivity index (χ0n) is 29.1. The number of amides is 3. The first-order valence-corrected chi connectivity index (χ1v) is 16.8. The standard InChI is InChI=1S/C40H44N6O5/c1-40(2,31-14-8-5-9-15-31)27-43-37(47)36(22-29-17-19-34(20-18-29)50-26-32-16-10-11-21-42-32)46(3)38(48)35(23-33-24-41-28-44-33)45-39(49)51-25-30-12-6-4-7-13-30/h4-21,24,28,35-36H,22-23,25-27H2,1-3H3,(H,41,44)(H,43,47)(H,45,49)/t35-,36-/m0/s1. The Morgan fingerprint density at radius 2 is 1.51 bits per heavy atom. The largest absolute Gasteiger partial charge is 0.487 e. The molecule has 0 bridgehead atoms. The summed E-state index contributed by atoms with van der Waals surface area (Å²) in [6, 6.07) is 30.3. The zero-order valence-corrected chi connectivity index (χ0v) is 29.1. The van der Waals surface area contributed by atoms with Crippen molar-refractivity contribution in [3.63, 3.8) is 0 Å². The normalized spacial score (nSPS) is 12.3. The van der Waals surface area contributed by atoms with Crippen molar-refractivity contribution in [3.8, 4) is 5.75 Å². The number of carbonyl (C=O) groups is 3. The molecule has 3 aromatic carbocycles. The molecule has 11 nitrogen and oxygen atoms in total. The molecule has 0 saturated heterocycles. The van der Waals surface area contributed by atoms with E-state index >= 15 is 0 Å². The minimum Gasteiger partial charge on any atom is -0.487 e. The van der Waals surface area contributed by atoms with Gasteiger partial charge >= 0.3 is 6.09 Å². The summed E-state index contributed by atoms with van der Waals surface area (Å²) in [7, 11) is 1.58. The highest BCUT2D eigenvalue weighted by Crippen LogP contribution is 2.22. The van der Waals surface area contributed by atoms with Crippen LogP contribution in [0.3, 0.4) is 0 Å². The SMILES string of the molecule is CN(C(=O)[C@H](Cc1c[nH]cn1)NC(=O)OCc1ccccc1)[C@@H](Cc1ccc(OCc2ccccn2)cc1)C(=O)NCC(C)(C)c1ccccc1. The summed E-state index contributed by atoms with van der Waals surface area (Å²) < 4.78 is 11.3. The average molecular weight is 689 g/mol. The molecule has 0 aliphatic rings. The minimum atomic E-state index is -1.06. The highest BCUT2D eigenvalue weighted by atomic mass is 16.5. The summed E-state index contributed by atoms with van der Waals surface area (Å²) in [4.78, 5) is 54.1. The van der Waals surface area contributed by atoms with Crippen LogP contribution in [-0.4, -0.2) is 63.4 Å². The third kappa shape index (κ3) is 10.8. The van der Waals surface area contributed by atoms with Crippen LogP contribution in [0.1, 0.15) is 41.9 Å². The van der Waals surface area contributed by atoms with Gasteiger partial charge in [0.05, 0.1) is 17.7 Å². The predicted octanol–water partition coefficient (Wildman–Crippen LogP) is 5.38. The van der Waals surface area contributed by atoms with E-state index in [2.05, 4.69) is 39.4 Å². The van der Waals surface area contributed by atoms with Gasteiger partial charge < -0.3 is 30.0 Å². The third-order valence-corrected chi connectivity index (χ3v) is 8.61. The number of rotatable bonds is 16. The van der Waals surface area contributed by atoms with E-state index in [0.717, 1.165) is 22.4 Å². The van der Waals surface area contributed by atoms with E-state index in [4.69, 9.17) is 9.47 Å². The Hall–Kier alpha value is -5.97. The number of likely N-dealkylation sites (N-methyl/N-ethyl adjacent to an activating group) is 1. The molecule has 5 aromatic rings. The van der Waals surface area contributed by atoms with Crippen LogP contribution < -0.4 is 15.4 Å². The summed E-state index contributed by atoms with van der Waals surface area (Å²) in [5, 5.41) is 5.81. The molecule has 0 radical (unpaired) electrons. The predicted molar refractivity (Wildman–Crippen MR) is 194 cm³/mol. The molecule has 0 fully saturated rings. The number of alkyl carbamates (subject to hydrolysis) is 1. The molecule has 2 aromatic heterocycles. The Labute approximate surface area is 298 Å². The van der Waals surface area contributed by atoms with Gasteiger partial charge in [0.1, 0.15) is 31.0 Å². The molecule has 3 amide bonds. The first-order valence-electron chi connectivity index (χ1n) is 16.8. The number of pyridine rings is 1. The molecule has 3 N–H and O–H groups in total. The monoisotopic (exact) mass is 688 g/mol. The number of nitrogens with zero attached hydrogens (tertiary/aromatic N) is 3. The maximum atomic E-state index is 14.2. The van der Waals surface area contributed by atoms with Gasteiger partial charge in [-0.2, -0.15) is 0 Å². The summed E-state index contributed by atoms with van der Waals surface area (Å²) in [5.74, 6) is -0.139. The molecule has 0 unspecified atom stereocenters. The van der Waals surface area contributed by atoms with Gasteiger partial charge in [-0.3, -0.25) is 14.6 Å². The van der Waals surface area contributed by atoms with E-state index in [-0.39, 0.29) is 30.8 Å². The molecule has 11 heteroatoms. The van der Waals surface area contributed by atoms with Crippen LogP contribution in [0.25, 0.3) is 0 Å². The first kappa shape index (κ1) is 36.3. The molecule has 264 valence electrons. The van der Waals surface area contributed by atoms with Crippen molar-refractivity contribution in [3.05, 3.63) is 150 Å². The van der Waals surface area contributed by atoms with Crippen molar-refractivity contribution in [2.45, 2.75) is 57.4 Å². The second kappa shape index (κ2) is 17.6. The van der Waals surface area contributed by atoms with E-state index in [9.17, 15) is 14.4 Å². The number of carbonyl (C=O) groups excluding carboxylic acids is 3. The number of ether oxygens (including phenoxy) is 2. The van der Waals surface area contributed by atoms with Crippen molar-refractivity contribution < 1.29 is 23.9 Å². The van der Waals surface area contributed by atoms with E-state index in [1.54, 1.807) is 19.4 Å². The topological polar surface area (TPSA) is 139 Å². The molecular formula is C40H44N6O5. The summed E-state index contributed by atoms with van der Waals surface area (Å²) in [6.07, 6.45) is 4.42. The number of benzene rings is 3. The molecule has 2 atom stereocenters. The van der Waals surface area contributed by atoms with Crippen LogP contribution in [0, 0.1) is 0 Å². The quantitative estimate of drug-likeness (QED) is 0.127. The number of aromatic amines is 1. The molecule has 51 heavy (non-hydrogen) atoms. The van der Waals surface area contributed by atoms with Crippen molar-refractivity contribution in [2.75, 3.05) is 13.6 Å². The molecule has 0 aliphatic carbocycles. The van der Waals surface area contributed by atoms with Gasteiger partial charge in [0.25, 0.3) is 0 Å². The third-order valence-electron chi connectivity index (χ3n) is 8.61. The van der Waals surface area contributed by atoms with Crippen molar-refractivity contribution in [1.29, 1.82) is 0 Å². The van der Waals surface area contributed by atoms with Gasteiger partial charge in [-0.1, -0.05) is 92.7 Å². The molecule has 0 saturated carbocycles. The Balaban J connectivity index is 1.33. The Bertz CT molecular complexity index is 1820. The lowest BCUT2D eigenvalue weighted by Crippen LogP contribution is -2.56. The second-order valence-corrected chi connectivity index (χ2v) is 12.9. The number of aromatic nitrogens is 3. The fourth-order valence-corrected chi connectivity index (χ4v) is 5.53. The molecule has 0 spiro atoms. The fraction of sp³-hybridized carbons (Fsp3) is 0.275.